The van der Waals surface area contributed by atoms with Crippen molar-refractivity contribution in [2.75, 3.05) is 6.54 Å². The van der Waals surface area contributed by atoms with Crippen molar-refractivity contribution in [2.45, 2.75) is 37.1 Å². The average molecular weight is 321 g/mol. The van der Waals surface area contributed by atoms with E-state index in [2.05, 4.69) is 0 Å². The number of hydrogen-bond donors (Lipinski definition) is 0. The SMILES string of the molecule is CC(=O)CC1CCCN1S(=O)(=O)c1c(F)cc(F)cc1F. The molecule has 0 N–H and O–H groups in total. The Balaban J connectivity index is 2.45. The number of carbonyl (C=O) groups excluding carboxylic acids is 1. The van der Waals surface area contributed by atoms with Crippen LogP contribution in [0.4, 0.5) is 13.2 Å². The number of sulfonamides is 1. The third-order valence-electron chi connectivity index (χ3n) is 3.38. The van der Waals surface area contributed by atoms with Gasteiger partial charge in [0.25, 0.3) is 0 Å². The molecule has 1 aromatic rings. The second-order valence-electron chi connectivity index (χ2n) is 5.02. The van der Waals surface area contributed by atoms with Gasteiger partial charge in [0, 0.05) is 31.1 Å². The first-order valence-electron chi connectivity index (χ1n) is 6.39. The predicted molar refractivity (Wildman–Crippen MR) is 68.5 cm³/mol. The number of ketones is 1. The topological polar surface area (TPSA) is 54.5 Å². The number of benzene rings is 1. The summed E-state index contributed by atoms with van der Waals surface area (Å²) in [6, 6.07) is 0.0363. The van der Waals surface area contributed by atoms with Gasteiger partial charge in [0.1, 0.15) is 23.2 Å². The van der Waals surface area contributed by atoms with E-state index in [0.717, 1.165) is 4.31 Å². The third-order valence-corrected chi connectivity index (χ3v) is 5.38. The Morgan fingerprint density at radius 1 is 1.29 bits per heavy atom. The van der Waals surface area contributed by atoms with Gasteiger partial charge in [0.05, 0.1) is 0 Å². The van der Waals surface area contributed by atoms with Gasteiger partial charge in [-0.15, -0.1) is 0 Å². The predicted octanol–water partition coefficient (Wildman–Crippen LogP) is 2.24. The Kier molecular flexibility index (Phi) is 4.38. The second-order valence-corrected chi connectivity index (χ2v) is 6.84. The number of carbonyl (C=O) groups is 1. The Morgan fingerprint density at radius 3 is 2.38 bits per heavy atom. The average Bonchev–Trinajstić information content (AvgIpc) is 2.74. The molecule has 1 saturated heterocycles. The van der Waals surface area contributed by atoms with Crippen molar-refractivity contribution in [3.05, 3.63) is 29.6 Å². The molecule has 8 heteroatoms. The number of Topliss-reactive ketones (excluding diaryl/α,β-unsaturated/α-hetero) is 1. The summed E-state index contributed by atoms with van der Waals surface area (Å²) in [7, 11) is -4.45. The molecule has 0 spiro atoms. The monoisotopic (exact) mass is 321 g/mol. The highest BCUT2D eigenvalue weighted by Gasteiger charge is 2.39. The van der Waals surface area contributed by atoms with E-state index in [9.17, 15) is 26.4 Å². The molecule has 1 aliphatic rings. The van der Waals surface area contributed by atoms with Crippen molar-refractivity contribution in [3.8, 4) is 0 Å². The van der Waals surface area contributed by atoms with Crippen LogP contribution in [0.2, 0.25) is 0 Å². The Hall–Kier alpha value is -1.41. The summed E-state index contributed by atoms with van der Waals surface area (Å²) < 4.78 is 66.0. The van der Waals surface area contributed by atoms with Gasteiger partial charge in [-0.05, 0) is 19.8 Å². The molecule has 2 rings (SSSR count). The van der Waals surface area contributed by atoms with Crippen LogP contribution in [0.1, 0.15) is 26.2 Å². The minimum Gasteiger partial charge on any atom is -0.300 e. The summed E-state index contributed by atoms with van der Waals surface area (Å²) in [5.41, 5.74) is 0. The van der Waals surface area contributed by atoms with E-state index in [0.29, 0.717) is 25.0 Å². The van der Waals surface area contributed by atoms with Gasteiger partial charge in [0.15, 0.2) is 4.90 Å². The maximum Gasteiger partial charge on any atom is 0.249 e. The minimum atomic E-state index is -4.45. The molecule has 0 radical (unpaired) electrons. The standard InChI is InChI=1S/C13H14F3NO3S/c1-8(18)5-10-3-2-4-17(10)21(19,20)13-11(15)6-9(14)7-12(13)16/h6-7,10H,2-5H2,1H3. The molecule has 116 valence electrons. The summed E-state index contributed by atoms with van der Waals surface area (Å²) >= 11 is 0. The molecule has 1 heterocycles. The molecular formula is C13H14F3NO3S. The first-order chi connectivity index (χ1) is 9.73. The van der Waals surface area contributed by atoms with Crippen LogP contribution in [0.25, 0.3) is 0 Å². The van der Waals surface area contributed by atoms with Crippen LogP contribution in [0.15, 0.2) is 17.0 Å². The zero-order chi connectivity index (χ0) is 15.8. The molecule has 1 atom stereocenters. The van der Waals surface area contributed by atoms with Crippen LogP contribution < -0.4 is 0 Å². The van der Waals surface area contributed by atoms with Gasteiger partial charge in [0.2, 0.25) is 10.0 Å². The molecule has 21 heavy (non-hydrogen) atoms. The van der Waals surface area contributed by atoms with E-state index in [1.165, 1.54) is 6.92 Å². The first kappa shape index (κ1) is 16.0. The Labute approximate surface area is 120 Å². The van der Waals surface area contributed by atoms with E-state index in [1.54, 1.807) is 0 Å². The van der Waals surface area contributed by atoms with Crippen molar-refractivity contribution < 1.29 is 26.4 Å². The zero-order valence-electron chi connectivity index (χ0n) is 11.3. The van der Waals surface area contributed by atoms with Gasteiger partial charge in [-0.2, -0.15) is 4.31 Å². The van der Waals surface area contributed by atoms with Gasteiger partial charge in [-0.25, -0.2) is 21.6 Å². The molecule has 0 aliphatic carbocycles. The van der Waals surface area contributed by atoms with Gasteiger partial charge >= 0.3 is 0 Å². The van der Waals surface area contributed by atoms with Crippen molar-refractivity contribution in [1.29, 1.82) is 0 Å². The van der Waals surface area contributed by atoms with Crippen molar-refractivity contribution >= 4 is 15.8 Å². The lowest BCUT2D eigenvalue weighted by atomic mass is 10.1. The Morgan fingerprint density at radius 2 is 1.86 bits per heavy atom. The summed E-state index contributed by atoms with van der Waals surface area (Å²) in [6.07, 6.45) is 0.939. The largest absolute Gasteiger partial charge is 0.300 e. The summed E-state index contributed by atoms with van der Waals surface area (Å²) in [6.45, 7) is 1.40. The quantitative estimate of drug-likeness (QED) is 0.854. The summed E-state index contributed by atoms with van der Waals surface area (Å²) in [5.74, 6) is -4.34. The summed E-state index contributed by atoms with van der Waals surface area (Å²) in [4.78, 5) is 10.0. The molecular weight excluding hydrogens is 307 g/mol. The van der Waals surface area contributed by atoms with Gasteiger partial charge in [-0.1, -0.05) is 0 Å². The minimum absolute atomic E-state index is 0.0103. The smallest absolute Gasteiger partial charge is 0.249 e. The van der Waals surface area contributed by atoms with Crippen molar-refractivity contribution in [3.63, 3.8) is 0 Å². The van der Waals surface area contributed by atoms with Crippen LogP contribution in [0.5, 0.6) is 0 Å². The molecule has 1 fully saturated rings. The number of nitrogens with zero attached hydrogens (tertiary/aromatic N) is 1. The molecule has 4 nitrogen and oxygen atoms in total. The fraction of sp³-hybridized carbons (Fsp3) is 0.462. The Bertz CT molecular complexity index is 652. The van der Waals surface area contributed by atoms with Gasteiger partial charge in [-0.3, -0.25) is 4.79 Å². The maximum absolute atomic E-state index is 13.7. The molecule has 0 bridgehead atoms. The van der Waals surface area contributed by atoms with Crippen molar-refractivity contribution in [2.24, 2.45) is 0 Å². The lowest BCUT2D eigenvalue weighted by Gasteiger charge is -2.23. The normalized spacial score (nSPS) is 19.9. The van der Waals surface area contributed by atoms with Crippen LogP contribution >= 0.6 is 0 Å². The molecule has 0 amide bonds. The molecule has 0 saturated carbocycles. The van der Waals surface area contributed by atoms with Crippen molar-refractivity contribution in [1.82, 2.24) is 4.31 Å². The number of halogens is 3. The molecule has 1 aliphatic heterocycles. The highest BCUT2D eigenvalue weighted by atomic mass is 32.2. The highest BCUT2D eigenvalue weighted by molar-refractivity contribution is 7.89. The third kappa shape index (κ3) is 3.11. The lowest BCUT2D eigenvalue weighted by molar-refractivity contribution is -0.117. The first-order valence-corrected chi connectivity index (χ1v) is 7.83. The van der Waals surface area contributed by atoms with E-state index < -0.39 is 38.4 Å². The van der Waals surface area contributed by atoms with E-state index >= 15 is 0 Å². The number of hydrogen-bond acceptors (Lipinski definition) is 3. The molecule has 1 unspecified atom stereocenters. The fourth-order valence-corrected chi connectivity index (χ4v) is 4.34. The van der Waals surface area contributed by atoms with E-state index in [4.69, 9.17) is 0 Å². The maximum atomic E-state index is 13.7. The highest BCUT2D eigenvalue weighted by Crippen LogP contribution is 2.31. The van der Waals surface area contributed by atoms with Crippen LogP contribution in [-0.2, 0) is 14.8 Å². The van der Waals surface area contributed by atoms with Crippen LogP contribution in [0, 0.1) is 17.5 Å². The second kappa shape index (κ2) is 5.76. The van der Waals surface area contributed by atoms with Gasteiger partial charge < -0.3 is 0 Å². The number of rotatable bonds is 4. The molecule has 0 aromatic heterocycles. The molecule has 1 aromatic carbocycles. The zero-order valence-corrected chi connectivity index (χ0v) is 12.1. The summed E-state index contributed by atoms with van der Waals surface area (Å²) in [5, 5.41) is 0. The fourth-order valence-electron chi connectivity index (χ4n) is 2.55. The van der Waals surface area contributed by atoms with E-state index in [1.807, 2.05) is 0 Å². The van der Waals surface area contributed by atoms with Crippen LogP contribution in [0.3, 0.4) is 0 Å². The van der Waals surface area contributed by atoms with Crippen LogP contribution in [-0.4, -0.2) is 31.1 Å². The lowest BCUT2D eigenvalue weighted by Crippen LogP contribution is -2.37. The van der Waals surface area contributed by atoms with E-state index in [-0.39, 0.29) is 18.7 Å².